The van der Waals surface area contributed by atoms with Crippen molar-refractivity contribution in [3.63, 3.8) is 0 Å². The smallest absolute Gasteiger partial charge is 0.175 e. The van der Waals surface area contributed by atoms with Crippen molar-refractivity contribution in [3.8, 4) is 0 Å². The maximum atomic E-state index is 11.2. The molecule has 0 saturated heterocycles. The van der Waals surface area contributed by atoms with Crippen LogP contribution in [-0.2, 0) is 0 Å². The standard InChI is InChI=1S/C9H4O3/c10-4-3-5(11)9-7-2-1-6(12-7)8(4)9/h1-2H,3H2. The average molecular weight is 160 g/mol. The summed E-state index contributed by atoms with van der Waals surface area (Å²) < 4.78 is 5.19. The van der Waals surface area contributed by atoms with Crippen LogP contribution in [0.15, 0.2) is 16.5 Å². The van der Waals surface area contributed by atoms with Gasteiger partial charge in [-0.05, 0) is 12.1 Å². The molecule has 0 aromatic carbocycles. The zero-order valence-electron chi connectivity index (χ0n) is 6.09. The van der Waals surface area contributed by atoms with Gasteiger partial charge in [-0.15, -0.1) is 0 Å². The van der Waals surface area contributed by atoms with Crippen LogP contribution in [0.5, 0.6) is 0 Å². The van der Waals surface area contributed by atoms with Crippen LogP contribution in [0.4, 0.5) is 0 Å². The second kappa shape index (κ2) is 1.58. The molecule has 12 heavy (non-hydrogen) atoms. The summed E-state index contributed by atoms with van der Waals surface area (Å²) in [6.07, 6.45) is 0.0166. The molecule has 2 aromatic rings. The van der Waals surface area contributed by atoms with E-state index in [1.54, 1.807) is 12.1 Å². The lowest BCUT2D eigenvalue weighted by molar-refractivity contribution is 0.0923. The van der Waals surface area contributed by atoms with Crippen molar-refractivity contribution in [2.45, 2.75) is 6.42 Å². The summed E-state index contributed by atoms with van der Waals surface area (Å²) in [5, 5.41) is 0. The first-order chi connectivity index (χ1) is 5.77. The van der Waals surface area contributed by atoms with Gasteiger partial charge < -0.3 is 4.42 Å². The summed E-state index contributed by atoms with van der Waals surface area (Å²) in [5.41, 5.74) is 2.10. The number of furan rings is 2. The number of carbonyl (C=O) groups excluding carboxylic acids is 2. The van der Waals surface area contributed by atoms with Crippen LogP contribution < -0.4 is 0 Å². The molecular weight excluding hydrogens is 156 g/mol. The van der Waals surface area contributed by atoms with Gasteiger partial charge in [-0.3, -0.25) is 9.59 Å². The molecule has 0 radical (unpaired) electrons. The SMILES string of the molecule is O=C1CC(=O)c2c1c1ccc2o1. The molecule has 58 valence electrons. The highest BCUT2D eigenvalue weighted by Gasteiger charge is 2.34. The van der Waals surface area contributed by atoms with Gasteiger partial charge in [0.15, 0.2) is 11.6 Å². The van der Waals surface area contributed by atoms with E-state index in [4.69, 9.17) is 4.42 Å². The Hall–Kier alpha value is -1.64. The van der Waals surface area contributed by atoms with Gasteiger partial charge in [-0.25, -0.2) is 0 Å². The number of carbonyl (C=O) groups is 2. The van der Waals surface area contributed by atoms with E-state index in [9.17, 15) is 9.59 Å². The maximum absolute atomic E-state index is 11.2. The normalized spacial score (nSPS) is 16.3. The van der Waals surface area contributed by atoms with Crippen LogP contribution in [0.25, 0.3) is 11.2 Å². The molecule has 2 aromatic heterocycles. The van der Waals surface area contributed by atoms with E-state index >= 15 is 0 Å². The van der Waals surface area contributed by atoms with E-state index in [0.29, 0.717) is 22.3 Å². The van der Waals surface area contributed by atoms with Gasteiger partial charge in [0.2, 0.25) is 0 Å². The number of hydrogen-bond acceptors (Lipinski definition) is 3. The molecule has 2 bridgehead atoms. The molecule has 3 rings (SSSR count). The van der Waals surface area contributed by atoms with Crippen LogP contribution in [0.3, 0.4) is 0 Å². The lowest BCUT2D eigenvalue weighted by Crippen LogP contribution is -1.92. The topological polar surface area (TPSA) is 47.3 Å². The highest BCUT2D eigenvalue weighted by atomic mass is 16.3. The number of rotatable bonds is 0. The molecule has 2 heterocycles. The highest BCUT2D eigenvalue weighted by Crippen LogP contribution is 2.34. The number of Topliss-reactive ketones (excluding diaryl/α,β-unsaturated/α-hetero) is 2. The summed E-state index contributed by atoms with van der Waals surface area (Å²) in [6.45, 7) is 0. The fraction of sp³-hybridized carbons (Fsp3) is 0.111. The van der Waals surface area contributed by atoms with Gasteiger partial charge >= 0.3 is 0 Å². The number of benzene rings is 1. The van der Waals surface area contributed by atoms with Gasteiger partial charge in [0.25, 0.3) is 0 Å². The third kappa shape index (κ3) is 0.460. The van der Waals surface area contributed by atoms with Crippen LogP contribution >= 0.6 is 0 Å². The summed E-state index contributed by atoms with van der Waals surface area (Å²) in [7, 11) is 0. The van der Waals surface area contributed by atoms with Crippen molar-refractivity contribution < 1.29 is 14.0 Å². The van der Waals surface area contributed by atoms with E-state index in [1.165, 1.54) is 0 Å². The maximum Gasteiger partial charge on any atom is 0.175 e. The minimum Gasteiger partial charge on any atom is -0.456 e. The fourth-order valence-corrected chi connectivity index (χ4v) is 1.73. The molecule has 1 aliphatic rings. The fourth-order valence-electron chi connectivity index (χ4n) is 1.73. The number of fused-ring (bicyclic) bond motifs is 5. The first-order valence-corrected chi connectivity index (χ1v) is 3.68. The largest absolute Gasteiger partial charge is 0.456 e. The van der Waals surface area contributed by atoms with Crippen LogP contribution in [-0.4, -0.2) is 11.6 Å². The lowest BCUT2D eigenvalue weighted by atomic mass is 10.1. The van der Waals surface area contributed by atoms with Gasteiger partial charge in [-0.2, -0.15) is 0 Å². The molecule has 0 N–H and O–H groups in total. The molecular formula is C9H4O3. The van der Waals surface area contributed by atoms with Crippen LogP contribution in [0.2, 0.25) is 0 Å². The van der Waals surface area contributed by atoms with Crippen molar-refractivity contribution in [1.82, 2.24) is 0 Å². The Kier molecular flexibility index (Phi) is 0.781. The Morgan fingerprint density at radius 1 is 1.00 bits per heavy atom. The second-order valence-corrected chi connectivity index (χ2v) is 2.94. The quantitative estimate of drug-likeness (QED) is 0.550. The Bertz CT molecular complexity index is 449. The average Bonchev–Trinajstić information content (AvgIpc) is 2.64. The van der Waals surface area contributed by atoms with Gasteiger partial charge in [0.1, 0.15) is 11.2 Å². The predicted octanol–water partition coefficient (Wildman–Crippen LogP) is 1.64. The minimum atomic E-state index is -0.107. The van der Waals surface area contributed by atoms with Gasteiger partial charge in [0.05, 0.1) is 17.5 Å². The van der Waals surface area contributed by atoms with E-state index in [-0.39, 0.29) is 18.0 Å². The molecule has 0 spiro atoms. The number of ketones is 2. The van der Waals surface area contributed by atoms with Crippen molar-refractivity contribution in [3.05, 3.63) is 23.3 Å². The lowest BCUT2D eigenvalue weighted by Gasteiger charge is -1.84. The monoisotopic (exact) mass is 160 g/mol. The van der Waals surface area contributed by atoms with E-state index in [1.807, 2.05) is 0 Å². The van der Waals surface area contributed by atoms with Gasteiger partial charge in [0, 0.05) is 0 Å². The molecule has 0 saturated carbocycles. The molecule has 3 heteroatoms. The molecule has 0 aliphatic heterocycles. The third-order valence-corrected chi connectivity index (χ3v) is 2.23. The van der Waals surface area contributed by atoms with Crippen molar-refractivity contribution >= 4 is 22.7 Å². The van der Waals surface area contributed by atoms with E-state index < -0.39 is 0 Å². The molecule has 3 nitrogen and oxygen atoms in total. The summed E-state index contributed by atoms with van der Waals surface area (Å²) in [4.78, 5) is 22.5. The predicted molar refractivity (Wildman–Crippen MR) is 40.7 cm³/mol. The summed E-state index contributed by atoms with van der Waals surface area (Å²) in [6, 6.07) is 3.45. The molecule has 0 unspecified atom stereocenters. The molecule has 0 fully saturated rings. The third-order valence-electron chi connectivity index (χ3n) is 2.23. The van der Waals surface area contributed by atoms with Crippen molar-refractivity contribution in [2.75, 3.05) is 0 Å². The summed E-state index contributed by atoms with van der Waals surface area (Å²) >= 11 is 0. The van der Waals surface area contributed by atoms with Gasteiger partial charge in [-0.1, -0.05) is 0 Å². The Morgan fingerprint density at radius 2 is 1.50 bits per heavy atom. The van der Waals surface area contributed by atoms with Crippen molar-refractivity contribution in [1.29, 1.82) is 0 Å². The Morgan fingerprint density at radius 3 is 2.00 bits per heavy atom. The second-order valence-electron chi connectivity index (χ2n) is 2.94. The highest BCUT2D eigenvalue weighted by molar-refractivity contribution is 6.30. The van der Waals surface area contributed by atoms with E-state index in [2.05, 4.69) is 0 Å². The molecule has 0 amide bonds. The minimum absolute atomic E-state index is 0.0166. The number of hydrogen-bond donors (Lipinski definition) is 0. The molecule has 0 atom stereocenters. The Labute approximate surface area is 67.3 Å². The zero-order valence-corrected chi connectivity index (χ0v) is 6.09. The van der Waals surface area contributed by atoms with E-state index in [0.717, 1.165) is 0 Å². The zero-order chi connectivity index (χ0) is 8.29. The first kappa shape index (κ1) is 5.94. The summed E-state index contributed by atoms with van der Waals surface area (Å²) in [5.74, 6) is -0.214. The van der Waals surface area contributed by atoms with Crippen LogP contribution in [0, 0.1) is 0 Å². The first-order valence-electron chi connectivity index (χ1n) is 3.68. The van der Waals surface area contributed by atoms with Crippen molar-refractivity contribution in [2.24, 2.45) is 0 Å². The Balaban J connectivity index is 2.54. The molecule has 1 aliphatic carbocycles. The van der Waals surface area contributed by atoms with Crippen LogP contribution in [0.1, 0.15) is 27.1 Å².